The van der Waals surface area contributed by atoms with Crippen molar-refractivity contribution in [3.63, 3.8) is 0 Å². The maximum Gasteiger partial charge on any atom is 0.282 e. The van der Waals surface area contributed by atoms with Crippen LogP contribution in [0.1, 0.15) is 44.3 Å². The summed E-state index contributed by atoms with van der Waals surface area (Å²) in [4.78, 5) is 8.99. The molecule has 7 heteroatoms. The normalized spacial score (nSPS) is 14.6. The molecule has 0 unspecified atom stereocenters. The Bertz CT molecular complexity index is 925. The number of imidazole rings is 1. The molecule has 0 spiro atoms. The van der Waals surface area contributed by atoms with Crippen LogP contribution in [0, 0.1) is 6.92 Å². The van der Waals surface area contributed by atoms with Gasteiger partial charge in [-0.3, -0.25) is 4.57 Å². The Hall–Kier alpha value is -2.83. The van der Waals surface area contributed by atoms with E-state index < -0.39 is 0 Å². The van der Waals surface area contributed by atoms with E-state index in [1.807, 2.05) is 42.7 Å². The molecular weight excluding hydrogens is 344 g/mol. The molecule has 0 amide bonds. The molecule has 1 aliphatic rings. The number of hydrogen-bond donors (Lipinski definition) is 0. The molecule has 1 aliphatic carbocycles. The summed E-state index contributed by atoms with van der Waals surface area (Å²) < 4.78 is 19.1. The van der Waals surface area contributed by atoms with Crippen LogP contribution in [-0.2, 0) is 6.42 Å². The van der Waals surface area contributed by atoms with Crippen molar-refractivity contribution >= 4 is 0 Å². The smallest absolute Gasteiger partial charge is 0.282 e. The molecule has 0 bridgehead atoms. The molecule has 142 valence electrons. The lowest BCUT2D eigenvalue weighted by atomic mass is 10.2. The number of ether oxygens (including phenoxy) is 2. The molecule has 2 aromatic heterocycles. The predicted octanol–water partition coefficient (Wildman–Crippen LogP) is 4.12. The predicted molar refractivity (Wildman–Crippen MR) is 100 cm³/mol. The molecule has 0 N–H and O–H groups in total. The third kappa shape index (κ3) is 3.41. The van der Waals surface area contributed by atoms with Crippen LogP contribution >= 0.6 is 0 Å². The Morgan fingerprint density at radius 3 is 2.74 bits per heavy atom. The Kier molecular flexibility index (Phi) is 4.83. The van der Waals surface area contributed by atoms with E-state index in [0.29, 0.717) is 35.8 Å². The van der Waals surface area contributed by atoms with Gasteiger partial charge in [-0.25, -0.2) is 4.98 Å². The summed E-state index contributed by atoms with van der Waals surface area (Å²) in [6.45, 7) is 3.90. The van der Waals surface area contributed by atoms with Crippen LogP contribution in [0.4, 0.5) is 0 Å². The third-order valence-electron chi connectivity index (χ3n) is 4.86. The first-order valence-corrected chi connectivity index (χ1v) is 9.43. The minimum Gasteiger partial charge on any atom is -0.490 e. The second-order valence-electron chi connectivity index (χ2n) is 6.74. The summed E-state index contributed by atoms with van der Waals surface area (Å²) >= 11 is 0. The average molecular weight is 368 g/mol. The van der Waals surface area contributed by atoms with Crippen molar-refractivity contribution in [1.29, 1.82) is 0 Å². The van der Waals surface area contributed by atoms with Crippen molar-refractivity contribution in [2.45, 2.75) is 52.1 Å². The minimum atomic E-state index is 0.312. The number of hydrogen-bond acceptors (Lipinski definition) is 6. The lowest BCUT2D eigenvalue weighted by Crippen LogP contribution is -2.11. The van der Waals surface area contributed by atoms with Gasteiger partial charge in [-0.1, -0.05) is 18.1 Å². The first kappa shape index (κ1) is 17.6. The molecule has 1 saturated carbocycles. The summed E-state index contributed by atoms with van der Waals surface area (Å²) in [5.74, 6) is 3.21. The van der Waals surface area contributed by atoms with E-state index in [4.69, 9.17) is 14.0 Å². The lowest BCUT2D eigenvalue weighted by Gasteiger charge is -2.15. The largest absolute Gasteiger partial charge is 0.490 e. The number of benzene rings is 1. The summed E-state index contributed by atoms with van der Waals surface area (Å²) in [6, 6.07) is 8.01. The van der Waals surface area contributed by atoms with Crippen LogP contribution in [0.25, 0.3) is 17.3 Å². The SMILES string of the molecule is CCc1noc(-c2nc(C)n(-c3cccc(OC4CCCC4)c3)c2OC)n1. The molecule has 3 aromatic rings. The molecule has 4 rings (SSSR count). The Morgan fingerprint density at radius 1 is 1.22 bits per heavy atom. The Morgan fingerprint density at radius 2 is 2.04 bits per heavy atom. The van der Waals surface area contributed by atoms with Gasteiger partial charge in [0.25, 0.3) is 5.89 Å². The molecular formula is C20H24N4O3. The van der Waals surface area contributed by atoms with Crippen molar-refractivity contribution in [1.82, 2.24) is 19.7 Å². The highest BCUT2D eigenvalue weighted by molar-refractivity contribution is 5.59. The number of rotatable bonds is 6. The first-order chi connectivity index (χ1) is 13.2. The van der Waals surface area contributed by atoms with Crippen LogP contribution in [0.3, 0.4) is 0 Å². The zero-order valence-corrected chi connectivity index (χ0v) is 15.9. The van der Waals surface area contributed by atoms with Gasteiger partial charge in [0, 0.05) is 12.5 Å². The van der Waals surface area contributed by atoms with Gasteiger partial charge in [0.2, 0.25) is 5.88 Å². The lowest BCUT2D eigenvalue weighted by molar-refractivity contribution is 0.210. The van der Waals surface area contributed by atoms with Gasteiger partial charge in [-0.05, 0) is 44.7 Å². The summed E-state index contributed by atoms with van der Waals surface area (Å²) in [5.41, 5.74) is 1.47. The molecule has 7 nitrogen and oxygen atoms in total. The highest BCUT2D eigenvalue weighted by Crippen LogP contribution is 2.33. The molecule has 2 heterocycles. The molecule has 0 aliphatic heterocycles. The first-order valence-electron chi connectivity index (χ1n) is 9.43. The Labute approximate surface area is 158 Å². The number of nitrogens with zero attached hydrogens (tertiary/aromatic N) is 4. The van der Waals surface area contributed by atoms with E-state index in [1.165, 1.54) is 12.8 Å². The molecule has 0 saturated heterocycles. The zero-order valence-electron chi connectivity index (χ0n) is 15.9. The van der Waals surface area contributed by atoms with Crippen LogP contribution in [0.2, 0.25) is 0 Å². The van der Waals surface area contributed by atoms with Crippen LogP contribution in [-0.4, -0.2) is 32.9 Å². The summed E-state index contributed by atoms with van der Waals surface area (Å²) in [5, 5.41) is 3.96. The van der Waals surface area contributed by atoms with Crippen molar-refractivity contribution in [3.8, 4) is 28.9 Å². The molecule has 27 heavy (non-hydrogen) atoms. The van der Waals surface area contributed by atoms with Gasteiger partial charge in [-0.15, -0.1) is 0 Å². The summed E-state index contributed by atoms with van der Waals surface area (Å²) in [6.07, 6.45) is 5.74. The highest BCUT2D eigenvalue weighted by Gasteiger charge is 2.23. The number of aromatic nitrogens is 4. The fourth-order valence-corrected chi connectivity index (χ4v) is 3.53. The van der Waals surface area contributed by atoms with Gasteiger partial charge in [0.1, 0.15) is 11.6 Å². The van der Waals surface area contributed by atoms with Crippen molar-refractivity contribution in [2.24, 2.45) is 0 Å². The van der Waals surface area contributed by atoms with E-state index in [-0.39, 0.29) is 0 Å². The van der Waals surface area contributed by atoms with Crippen LogP contribution < -0.4 is 9.47 Å². The fraction of sp³-hybridized carbons (Fsp3) is 0.450. The van der Waals surface area contributed by atoms with E-state index in [1.54, 1.807) is 7.11 Å². The second-order valence-corrected chi connectivity index (χ2v) is 6.74. The summed E-state index contributed by atoms with van der Waals surface area (Å²) in [7, 11) is 1.62. The monoisotopic (exact) mass is 368 g/mol. The minimum absolute atomic E-state index is 0.312. The maximum absolute atomic E-state index is 6.14. The Balaban J connectivity index is 1.71. The fourth-order valence-electron chi connectivity index (χ4n) is 3.53. The van der Waals surface area contributed by atoms with Gasteiger partial charge in [0.15, 0.2) is 11.5 Å². The molecule has 0 atom stereocenters. The maximum atomic E-state index is 6.14. The second kappa shape index (κ2) is 7.42. The molecule has 0 radical (unpaired) electrons. The zero-order chi connectivity index (χ0) is 18.8. The van der Waals surface area contributed by atoms with Crippen molar-refractivity contribution < 1.29 is 14.0 Å². The standard InChI is InChI=1S/C20H24N4O3/c1-4-17-22-19(27-23-17)18-20(25-3)24(13(2)21-18)14-8-7-11-16(12-14)26-15-9-5-6-10-15/h7-8,11-12,15H,4-6,9-10H2,1-3H3. The molecule has 1 aromatic carbocycles. The van der Waals surface area contributed by atoms with Gasteiger partial charge in [-0.2, -0.15) is 4.98 Å². The van der Waals surface area contributed by atoms with Gasteiger partial charge in [0.05, 0.1) is 18.9 Å². The van der Waals surface area contributed by atoms with Gasteiger partial charge < -0.3 is 14.0 Å². The third-order valence-corrected chi connectivity index (χ3v) is 4.86. The quantitative estimate of drug-likeness (QED) is 0.651. The highest BCUT2D eigenvalue weighted by atomic mass is 16.5. The van der Waals surface area contributed by atoms with Crippen molar-refractivity contribution in [3.05, 3.63) is 35.9 Å². The number of methoxy groups -OCH3 is 1. The topological polar surface area (TPSA) is 75.2 Å². The average Bonchev–Trinajstić information content (AvgIpc) is 3.41. The van der Waals surface area contributed by atoms with E-state index in [9.17, 15) is 0 Å². The molecule has 1 fully saturated rings. The van der Waals surface area contributed by atoms with E-state index in [0.717, 1.165) is 30.1 Å². The van der Waals surface area contributed by atoms with Crippen LogP contribution in [0.15, 0.2) is 28.8 Å². The number of aryl methyl sites for hydroxylation is 2. The van der Waals surface area contributed by atoms with E-state index in [2.05, 4.69) is 15.1 Å². The van der Waals surface area contributed by atoms with E-state index >= 15 is 0 Å². The van der Waals surface area contributed by atoms with Crippen LogP contribution in [0.5, 0.6) is 11.6 Å². The van der Waals surface area contributed by atoms with Crippen molar-refractivity contribution in [2.75, 3.05) is 7.11 Å². The van der Waals surface area contributed by atoms with Gasteiger partial charge >= 0.3 is 0 Å².